The van der Waals surface area contributed by atoms with Gasteiger partial charge in [-0.15, -0.1) is 0 Å². The number of rotatable bonds is 8. The van der Waals surface area contributed by atoms with Crippen molar-refractivity contribution >= 4 is 5.97 Å². The lowest BCUT2D eigenvalue weighted by Gasteiger charge is -2.38. The molecule has 0 aromatic heterocycles. The second kappa shape index (κ2) is 11.8. The molecule has 2 fully saturated rings. The molecule has 0 atom stereocenters. The zero-order chi connectivity index (χ0) is 25.8. The van der Waals surface area contributed by atoms with Gasteiger partial charge in [-0.05, 0) is 91.5 Å². The minimum absolute atomic E-state index is 0.0462. The molecule has 1 N–H and O–H groups in total. The molecule has 0 saturated heterocycles. The highest BCUT2D eigenvalue weighted by atomic mass is 19.2. The Bertz CT molecular complexity index is 1040. The van der Waals surface area contributed by atoms with Gasteiger partial charge in [0.15, 0.2) is 17.5 Å². The topological polar surface area (TPSA) is 37.3 Å². The van der Waals surface area contributed by atoms with E-state index in [-0.39, 0.29) is 17.0 Å². The molecule has 0 radical (unpaired) electrons. The minimum atomic E-state index is -1.63. The number of halogens is 4. The number of hydrogen-bond acceptors (Lipinski definition) is 1. The van der Waals surface area contributed by atoms with E-state index in [9.17, 15) is 23.1 Å². The maximum atomic E-state index is 15.4. The quantitative estimate of drug-likeness (QED) is 0.221. The largest absolute Gasteiger partial charge is 0.478 e. The van der Waals surface area contributed by atoms with E-state index < -0.39 is 34.8 Å². The summed E-state index contributed by atoms with van der Waals surface area (Å²) in [5, 5.41) is 9.40. The molecule has 0 heterocycles. The minimum Gasteiger partial charge on any atom is -0.478 e. The van der Waals surface area contributed by atoms with Gasteiger partial charge in [-0.25, -0.2) is 22.4 Å². The Morgan fingerprint density at radius 2 is 1.42 bits per heavy atom. The summed E-state index contributed by atoms with van der Waals surface area (Å²) in [5.41, 5.74) is -0.335. The summed E-state index contributed by atoms with van der Waals surface area (Å²) >= 11 is 0. The molecule has 0 aliphatic heterocycles. The monoisotopic (exact) mass is 504 g/mol. The van der Waals surface area contributed by atoms with E-state index in [4.69, 9.17) is 0 Å². The van der Waals surface area contributed by atoms with E-state index in [0.717, 1.165) is 49.7 Å². The summed E-state index contributed by atoms with van der Waals surface area (Å²) in [6, 6.07) is 4.28. The van der Waals surface area contributed by atoms with Crippen LogP contribution < -0.4 is 0 Å². The lowest BCUT2D eigenvalue weighted by atomic mass is 9.67. The Kier molecular flexibility index (Phi) is 8.74. The van der Waals surface area contributed by atoms with Crippen molar-refractivity contribution in [3.8, 4) is 11.1 Å². The number of hydrogen-bond donors (Lipinski definition) is 1. The number of carboxylic acids is 1. The molecule has 2 saturated carbocycles. The summed E-state index contributed by atoms with van der Waals surface area (Å²) in [6.45, 7) is 2.24. The van der Waals surface area contributed by atoms with Crippen molar-refractivity contribution in [1.29, 1.82) is 0 Å². The van der Waals surface area contributed by atoms with Crippen LogP contribution in [0, 0.1) is 41.0 Å². The van der Waals surface area contributed by atoms with Crippen LogP contribution in [-0.2, 0) is 0 Å². The average Bonchev–Trinajstić information content (AvgIpc) is 2.87. The van der Waals surface area contributed by atoms with Gasteiger partial charge in [0, 0.05) is 5.56 Å². The predicted molar refractivity (Wildman–Crippen MR) is 133 cm³/mol. The van der Waals surface area contributed by atoms with Crippen molar-refractivity contribution in [3.63, 3.8) is 0 Å². The number of unbranched alkanes of at least 4 members (excludes halogenated alkanes) is 2. The fourth-order valence-electron chi connectivity index (χ4n) is 6.62. The van der Waals surface area contributed by atoms with Crippen molar-refractivity contribution in [3.05, 3.63) is 58.7 Å². The molecule has 36 heavy (non-hydrogen) atoms. The fraction of sp³-hybridized carbons (Fsp3) is 0.567. The van der Waals surface area contributed by atoms with Crippen LogP contribution in [0.4, 0.5) is 17.6 Å². The molecule has 2 aromatic carbocycles. The molecule has 0 amide bonds. The van der Waals surface area contributed by atoms with Crippen molar-refractivity contribution in [2.75, 3.05) is 0 Å². The van der Waals surface area contributed by atoms with Crippen LogP contribution in [0.15, 0.2) is 24.3 Å². The number of carbonyl (C=O) groups is 1. The maximum Gasteiger partial charge on any atom is 0.338 e. The van der Waals surface area contributed by atoms with Crippen molar-refractivity contribution in [2.45, 2.75) is 89.9 Å². The van der Waals surface area contributed by atoms with Gasteiger partial charge >= 0.3 is 5.97 Å². The Balaban J connectivity index is 1.49. The molecular formula is C30H36F4O2. The van der Waals surface area contributed by atoms with Crippen LogP contribution in [0.5, 0.6) is 0 Å². The first-order valence-corrected chi connectivity index (χ1v) is 13.5. The third-order valence-electron chi connectivity index (χ3n) is 8.66. The van der Waals surface area contributed by atoms with Gasteiger partial charge in [0.2, 0.25) is 0 Å². The highest BCUT2D eigenvalue weighted by Crippen LogP contribution is 2.47. The fourth-order valence-corrected chi connectivity index (χ4v) is 6.62. The summed E-state index contributed by atoms with van der Waals surface area (Å²) in [4.78, 5) is 11.5. The SMILES string of the molecule is CCCCC[C@H]1CC[C@H](C2CCC(c3ccc(C(=O)O)c(F)c3-c3cc(F)c(F)c(F)c3)CC2)CC1. The molecule has 0 bridgehead atoms. The number of benzene rings is 2. The second-order valence-electron chi connectivity index (χ2n) is 10.8. The van der Waals surface area contributed by atoms with E-state index in [2.05, 4.69) is 6.92 Å². The van der Waals surface area contributed by atoms with Crippen molar-refractivity contribution in [2.24, 2.45) is 17.8 Å². The summed E-state index contributed by atoms with van der Waals surface area (Å²) in [6.07, 6.45) is 14.0. The van der Waals surface area contributed by atoms with Gasteiger partial charge in [-0.1, -0.05) is 51.5 Å². The van der Waals surface area contributed by atoms with Gasteiger partial charge in [0.1, 0.15) is 5.82 Å². The molecule has 6 heteroatoms. The van der Waals surface area contributed by atoms with Gasteiger partial charge in [-0.3, -0.25) is 0 Å². The van der Waals surface area contributed by atoms with Crippen LogP contribution in [0.1, 0.15) is 106 Å². The van der Waals surface area contributed by atoms with E-state index in [1.54, 1.807) is 6.07 Å². The maximum absolute atomic E-state index is 15.4. The smallest absolute Gasteiger partial charge is 0.338 e. The van der Waals surface area contributed by atoms with E-state index in [0.29, 0.717) is 11.5 Å². The molecule has 0 unspecified atom stereocenters. The van der Waals surface area contributed by atoms with E-state index >= 15 is 4.39 Å². The Morgan fingerprint density at radius 3 is 1.97 bits per heavy atom. The second-order valence-corrected chi connectivity index (χ2v) is 10.8. The molecule has 4 rings (SSSR count). The van der Waals surface area contributed by atoms with Crippen LogP contribution in [0.2, 0.25) is 0 Å². The lowest BCUT2D eigenvalue weighted by molar-refractivity contribution is 0.0692. The molecule has 0 spiro atoms. The van der Waals surface area contributed by atoms with E-state index in [1.807, 2.05) is 0 Å². The first-order chi connectivity index (χ1) is 17.3. The van der Waals surface area contributed by atoms with Crippen LogP contribution in [0.25, 0.3) is 11.1 Å². The average molecular weight is 505 g/mol. The van der Waals surface area contributed by atoms with Crippen LogP contribution >= 0.6 is 0 Å². The molecule has 2 aliphatic rings. The normalized spacial score (nSPS) is 24.6. The first kappa shape index (κ1) is 26.7. The van der Waals surface area contributed by atoms with Crippen molar-refractivity contribution in [1.82, 2.24) is 0 Å². The Labute approximate surface area is 211 Å². The van der Waals surface area contributed by atoms with Crippen LogP contribution in [0.3, 0.4) is 0 Å². The van der Waals surface area contributed by atoms with Gasteiger partial charge in [-0.2, -0.15) is 0 Å². The van der Waals surface area contributed by atoms with Gasteiger partial charge < -0.3 is 5.11 Å². The summed E-state index contributed by atoms with van der Waals surface area (Å²) < 4.78 is 57.0. The van der Waals surface area contributed by atoms with Gasteiger partial charge in [0.25, 0.3) is 0 Å². The third kappa shape index (κ3) is 5.78. The molecule has 2 aromatic rings. The predicted octanol–water partition coefficient (Wildman–Crippen LogP) is 9.27. The lowest BCUT2D eigenvalue weighted by Crippen LogP contribution is -2.25. The summed E-state index contributed by atoms with van der Waals surface area (Å²) in [7, 11) is 0. The molecular weight excluding hydrogens is 468 g/mol. The summed E-state index contributed by atoms with van der Waals surface area (Å²) in [5.74, 6) is -4.81. The number of carboxylic acid groups (broad SMARTS) is 1. The number of aromatic carboxylic acids is 1. The highest BCUT2D eigenvalue weighted by molar-refractivity contribution is 5.90. The molecule has 196 valence electrons. The Hall–Kier alpha value is -2.37. The van der Waals surface area contributed by atoms with Gasteiger partial charge in [0.05, 0.1) is 5.56 Å². The highest BCUT2D eigenvalue weighted by Gasteiger charge is 2.33. The molecule has 2 nitrogen and oxygen atoms in total. The Morgan fingerprint density at radius 1 is 0.833 bits per heavy atom. The van der Waals surface area contributed by atoms with Crippen LogP contribution in [-0.4, -0.2) is 11.1 Å². The zero-order valence-electron chi connectivity index (χ0n) is 21.0. The van der Waals surface area contributed by atoms with Crippen molar-refractivity contribution < 1.29 is 27.5 Å². The molecule has 2 aliphatic carbocycles. The third-order valence-corrected chi connectivity index (χ3v) is 8.66. The van der Waals surface area contributed by atoms with E-state index in [1.165, 1.54) is 57.4 Å². The standard InChI is InChI=1S/C30H36F4O2/c1-2-3-4-5-18-6-8-19(9-7-18)20-10-12-21(13-11-20)23-14-15-24(30(35)36)28(33)27(23)22-16-25(31)29(34)26(32)17-22/h14-21H,2-13H2,1H3,(H,35,36)/t18-,19-,20?,21?. The zero-order valence-corrected chi connectivity index (χ0v) is 21.0. The first-order valence-electron chi connectivity index (χ1n) is 13.5.